The minimum atomic E-state index is -0.375. The molecule has 3 aromatic rings. The summed E-state index contributed by atoms with van der Waals surface area (Å²) in [6.45, 7) is 2.22. The Bertz CT molecular complexity index is 1030. The van der Waals surface area contributed by atoms with Gasteiger partial charge in [0.1, 0.15) is 24.0 Å². The van der Waals surface area contributed by atoms with Crippen LogP contribution in [0.4, 0.5) is 0 Å². The summed E-state index contributed by atoms with van der Waals surface area (Å²) >= 11 is 0. The van der Waals surface area contributed by atoms with Gasteiger partial charge in [0.15, 0.2) is 0 Å². The van der Waals surface area contributed by atoms with Crippen LogP contribution in [0.25, 0.3) is 17.2 Å². The Balaban J connectivity index is 1.78. The van der Waals surface area contributed by atoms with Gasteiger partial charge in [0.25, 0.3) is 5.56 Å². The molecule has 128 valence electrons. The lowest BCUT2D eigenvalue weighted by molar-refractivity contribution is 0.364. The molecule has 0 saturated heterocycles. The normalized spacial score (nSPS) is 10.6. The molecule has 26 heavy (non-hydrogen) atoms. The summed E-state index contributed by atoms with van der Waals surface area (Å²) in [6, 6.07) is 21.2. The van der Waals surface area contributed by atoms with Gasteiger partial charge in [-0.3, -0.25) is 4.79 Å². The largest absolute Gasteiger partial charge is 0.490 e. The van der Waals surface area contributed by atoms with Crippen molar-refractivity contribution in [3.8, 4) is 22.9 Å². The molecule has 0 radical (unpaired) electrons. The van der Waals surface area contributed by atoms with E-state index < -0.39 is 0 Å². The van der Waals surface area contributed by atoms with E-state index in [0.717, 1.165) is 11.1 Å². The van der Waals surface area contributed by atoms with Crippen LogP contribution < -0.4 is 10.3 Å². The van der Waals surface area contributed by atoms with E-state index in [4.69, 9.17) is 4.74 Å². The average Bonchev–Trinajstić information content (AvgIpc) is 2.66. The second-order valence-corrected chi connectivity index (χ2v) is 5.83. The fraction of sp³-hybridized carbons (Fsp3) is 0.0909. The number of nitrogens with zero attached hydrogens (tertiary/aromatic N) is 1. The third-order valence-electron chi connectivity index (χ3n) is 3.88. The second-order valence-electron chi connectivity index (χ2n) is 5.83. The first-order valence-electron chi connectivity index (χ1n) is 8.26. The van der Waals surface area contributed by atoms with Crippen LogP contribution in [0.1, 0.15) is 16.8 Å². The standard InChI is InChI=1S/C22H18N2O2/c1-16-13-20(21(15-23)22(25)24-16)18-10-5-11-19(14-18)26-12-6-9-17-7-3-2-4-8-17/h2-11,13-14H,12H2,1H3,(H,24,25). The number of rotatable bonds is 5. The first kappa shape index (κ1) is 17.2. The fourth-order valence-corrected chi connectivity index (χ4v) is 2.67. The van der Waals surface area contributed by atoms with E-state index in [-0.39, 0.29) is 11.1 Å². The molecular formula is C22H18N2O2. The van der Waals surface area contributed by atoms with E-state index in [1.807, 2.05) is 72.8 Å². The molecule has 1 aromatic heterocycles. The summed E-state index contributed by atoms with van der Waals surface area (Å²) < 4.78 is 5.77. The number of benzene rings is 2. The topological polar surface area (TPSA) is 65.9 Å². The summed E-state index contributed by atoms with van der Waals surface area (Å²) in [5, 5.41) is 9.29. The van der Waals surface area contributed by atoms with E-state index in [1.54, 1.807) is 13.0 Å². The maximum absolute atomic E-state index is 12.0. The van der Waals surface area contributed by atoms with E-state index in [2.05, 4.69) is 4.98 Å². The van der Waals surface area contributed by atoms with Crippen LogP contribution in [-0.2, 0) is 0 Å². The van der Waals surface area contributed by atoms with Gasteiger partial charge in [-0.25, -0.2) is 0 Å². The molecule has 0 unspecified atom stereocenters. The Kier molecular flexibility index (Phi) is 5.31. The predicted molar refractivity (Wildman–Crippen MR) is 103 cm³/mol. The molecule has 4 nitrogen and oxygen atoms in total. The quantitative estimate of drug-likeness (QED) is 0.751. The zero-order valence-electron chi connectivity index (χ0n) is 14.4. The summed E-state index contributed by atoms with van der Waals surface area (Å²) in [5.41, 5.74) is 2.94. The molecule has 0 saturated carbocycles. The van der Waals surface area contributed by atoms with Crippen LogP contribution in [0.5, 0.6) is 5.75 Å². The SMILES string of the molecule is Cc1cc(-c2cccc(OCC=Cc3ccccc3)c2)c(C#N)c(=O)[nH]1. The van der Waals surface area contributed by atoms with Gasteiger partial charge in [0.05, 0.1) is 0 Å². The molecule has 0 spiro atoms. The van der Waals surface area contributed by atoms with Gasteiger partial charge < -0.3 is 9.72 Å². The molecule has 4 heteroatoms. The highest BCUT2D eigenvalue weighted by Crippen LogP contribution is 2.25. The third-order valence-corrected chi connectivity index (χ3v) is 3.88. The second kappa shape index (κ2) is 8.00. The first-order valence-corrected chi connectivity index (χ1v) is 8.26. The Morgan fingerprint density at radius 2 is 1.92 bits per heavy atom. The number of aryl methyl sites for hydroxylation is 1. The number of pyridine rings is 1. The van der Waals surface area contributed by atoms with Crippen molar-refractivity contribution in [1.29, 1.82) is 5.26 Å². The Morgan fingerprint density at radius 1 is 1.12 bits per heavy atom. The van der Waals surface area contributed by atoms with E-state index in [9.17, 15) is 10.1 Å². The summed E-state index contributed by atoms with van der Waals surface area (Å²) in [7, 11) is 0. The van der Waals surface area contributed by atoms with E-state index in [0.29, 0.717) is 23.6 Å². The van der Waals surface area contributed by atoms with Crippen molar-refractivity contribution in [3.05, 3.63) is 93.9 Å². The lowest BCUT2D eigenvalue weighted by Gasteiger charge is -2.08. The smallest absolute Gasteiger partial charge is 0.266 e. The van der Waals surface area contributed by atoms with E-state index in [1.165, 1.54) is 0 Å². The summed E-state index contributed by atoms with van der Waals surface area (Å²) in [5.74, 6) is 0.682. The van der Waals surface area contributed by atoms with Crippen molar-refractivity contribution in [2.24, 2.45) is 0 Å². The fourth-order valence-electron chi connectivity index (χ4n) is 2.67. The Hall–Kier alpha value is -3.58. The van der Waals surface area contributed by atoms with Crippen LogP contribution in [-0.4, -0.2) is 11.6 Å². The minimum absolute atomic E-state index is 0.108. The van der Waals surface area contributed by atoms with Crippen molar-refractivity contribution in [2.75, 3.05) is 6.61 Å². The number of hydrogen-bond acceptors (Lipinski definition) is 3. The highest BCUT2D eigenvalue weighted by molar-refractivity contribution is 5.71. The maximum atomic E-state index is 12.0. The van der Waals surface area contributed by atoms with Crippen LogP contribution in [0.15, 0.2) is 71.5 Å². The Labute approximate surface area is 152 Å². The average molecular weight is 342 g/mol. The van der Waals surface area contributed by atoms with Gasteiger partial charge >= 0.3 is 0 Å². The molecule has 0 aliphatic rings. The van der Waals surface area contributed by atoms with Crippen molar-refractivity contribution in [2.45, 2.75) is 6.92 Å². The number of hydrogen-bond donors (Lipinski definition) is 1. The number of ether oxygens (including phenoxy) is 1. The molecule has 0 amide bonds. The molecule has 3 rings (SSSR count). The summed E-state index contributed by atoms with van der Waals surface area (Å²) in [6.07, 6.45) is 3.94. The minimum Gasteiger partial charge on any atom is -0.490 e. The number of nitrogens with one attached hydrogen (secondary N) is 1. The molecule has 0 bridgehead atoms. The van der Waals surface area contributed by atoms with Crippen molar-refractivity contribution in [1.82, 2.24) is 4.98 Å². The van der Waals surface area contributed by atoms with Crippen LogP contribution in [0.3, 0.4) is 0 Å². The van der Waals surface area contributed by atoms with Crippen molar-refractivity contribution >= 4 is 6.08 Å². The van der Waals surface area contributed by atoms with Crippen LogP contribution in [0.2, 0.25) is 0 Å². The highest BCUT2D eigenvalue weighted by atomic mass is 16.5. The monoisotopic (exact) mass is 342 g/mol. The van der Waals surface area contributed by atoms with Gasteiger partial charge in [-0.15, -0.1) is 0 Å². The number of aromatic amines is 1. The molecular weight excluding hydrogens is 324 g/mol. The number of aromatic nitrogens is 1. The zero-order chi connectivity index (χ0) is 18.4. The third kappa shape index (κ3) is 4.08. The van der Waals surface area contributed by atoms with Gasteiger partial charge in [-0.2, -0.15) is 5.26 Å². The molecule has 0 aliphatic heterocycles. The van der Waals surface area contributed by atoms with Gasteiger partial charge in [0.2, 0.25) is 0 Å². The van der Waals surface area contributed by atoms with Gasteiger partial charge in [-0.05, 0) is 42.3 Å². The van der Waals surface area contributed by atoms with Crippen molar-refractivity contribution < 1.29 is 4.74 Å². The molecule has 1 heterocycles. The predicted octanol–water partition coefficient (Wildman–Crippen LogP) is 4.31. The molecule has 0 atom stereocenters. The lowest BCUT2D eigenvalue weighted by Crippen LogP contribution is -2.12. The van der Waals surface area contributed by atoms with Crippen LogP contribution in [0, 0.1) is 18.3 Å². The van der Waals surface area contributed by atoms with Crippen molar-refractivity contribution in [3.63, 3.8) is 0 Å². The number of nitriles is 1. The van der Waals surface area contributed by atoms with E-state index >= 15 is 0 Å². The number of H-pyrrole nitrogens is 1. The first-order chi connectivity index (χ1) is 12.7. The Morgan fingerprint density at radius 3 is 2.69 bits per heavy atom. The highest BCUT2D eigenvalue weighted by Gasteiger charge is 2.10. The van der Waals surface area contributed by atoms with Gasteiger partial charge in [0, 0.05) is 11.3 Å². The summed E-state index contributed by atoms with van der Waals surface area (Å²) in [4.78, 5) is 14.6. The molecule has 2 aromatic carbocycles. The van der Waals surface area contributed by atoms with Crippen LogP contribution >= 0.6 is 0 Å². The maximum Gasteiger partial charge on any atom is 0.266 e. The van der Waals surface area contributed by atoms with Gasteiger partial charge in [-0.1, -0.05) is 48.5 Å². The zero-order valence-corrected chi connectivity index (χ0v) is 14.4. The molecule has 0 aliphatic carbocycles. The molecule has 1 N–H and O–H groups in total. The lowest BCUT2D eigenvalue weighted by atomic mass is 10.0. The molecule has 0 fully saturated rings.